The molecule has 2 heteroatoms. The number of rotatable bonds is 1. The van der Waals surface area contributed by atoms with Gasteiger partial charge in [0.2, 0.25) is 0 Å². The lowest BCUT2D eigenvalue weighted by molar-refractivity contribution is 0.637. The molecule has 0 saturated carbocycles. The molecule has 0 atom stereocenters. The van der Waals surface area contributed by atoms with Crippen LogP contribution in [0.4, 0.5) is 4.39 Å². The highest BCUT2D eigenvalue weighted by Crippen LogP contribution is 2.29. The Hall–Kier alpha value is -1.31. The van der Waals surface area contributed by atoms with E-state index in [0.29, 0.717) is 5.92 Å². The number of hydrogen-bond acceptors (Lipinski definition) is 0. The van der Waals surface area contributed by atoms with Crippen molar-refractivity contribution < 1.29 is 4.39 Å². The zero-order valence-corrected chi connectivity index (χ0v) is 8.69. The third kappa shape index (κ3) is 1.22. The minimum atomic E-state index is -0.146. The number of hydrogen-bond donors (Lipinski definition) is 1. The van der Waals surface area contributed by atoms with E-state index in [2.05, 4.69) is 18.8 Å². The van der Waals surface area contributed by atoms with Gasteiger partial charge < -0.3 is 4.98 Å². The lowest BCUT2D eigenvalue weighted by Gasteiger charge is -2.11. The highest BCUT2D eigenvalue weighted by Gasteiger charge is 2.13. The van der Waals surface area contributed by atoms with Gasteiger partial charge in [-0.15, -0.1) is 0 Å². The first-order valence-corrected chi connectivity index (χ1v) is 4.87. The van der Waals surface area contributed by atoms with Gasteiger partial charge in [0.25, 0.3) is 0 Å². The summed E-state index contributed by atoms with van der Waals surface area (Å²) >= 11 is 0. The van der Waals surface area contributed by atoms with Crippen molar-refractivity contribution in [3.8, 4) is 0 Å². The van der Waals surface area contributed by atoms with E-state index < -0.39 is 0 Å². The molecule has 1 heterocycles. The van der Waals surface area contributed by atoms with Crippen molar-refractivity contribution >= 4 is 10.9 Å². The van der Waals surface area contributed by atoms with Gasteiger partial charge in [0.05, 0.1) is 0 Å². The maximum atomic E-state index is 13.5. The summed E-state index contributed by atoms with van der Waals surface area (Å²) in [5, 5.41) is 0.750. The second-order valence-corrected chi connectivity index (χ2v) is 4.01. The van der Waals surface area contributed by atoms with Crippen molar-refractivity contribution in [3.63, 3.8) is 0 Å². The van der Waals surface area contributed by atoms with E-state index in [1.54, 1.807) is 0 Å². The van der Waals surface area contributed by atoms with Crippen LogP contribution in [0.15, 0.2) is 18.3 Å². The number of fused-ring (bicyclic) bond motifs is 1. The summed E-state index contributed by atoms with van der Waals surface area (Å²) in [6.45, 7) is 6.21. The van der Waals surface area contributed by atoms with Gasteiger partial charge >= 0.3 is 0 Å². The molecule has 0 aliphatic rings. The van der Waals surface area contributed by atoms with E-state index in [9.17, 15) is 4.39 Å². The Morgan fingerprint density at radius 1 is 1.29 bits per heavy atom. The molecule has 0 bridgehead atoms. The van der Waals surface area contributed by atoms with Gasteiger partial charge in [-0.3, -0.25) is 0 Å². The van der Waals surface area contributed by atoms with Crippen molar-refractivity contribution in [2.45, 2.75) is 26.7 Å². The lowest BCUT2D eigenvalue weighted by Crippen LogP contribution is -1.93. The zero-order chi connectivity index (χ0) is 10.3. The Balaban J connectivity index is 2.87. The largest absolute Gasteiger partial charge is 0.359 e. The lowest BCUT2D eigenvalue weighted by atomic mass is 9.94. The van der Waals surface area contributed by atoms with Crippen LogP contribution in [-0.4, -0.2) is 4.98 Å². The smallest absolute Gasteiger partial charge is 0.148 e. The van der Waals surface area contributed by atoms with Gasteiger partial charge in [-0.2, -0.15) is 0 Å². The first-order chi connectivity index (χ1) is 6.61. The molecule has 14 heavy (non-hydrogen) atoms. The maximum Gasteiger partial charge on any atom is 0.148 e. The first kappa shape index (κ1) is 9.25. The second kappa shape index (κ2) is 3.12. The van der Waals surface area contributed by atoms with Gasteiger partial charge in [-0.25, -0.2) is 4.39 Å². The number of H-pyrrole nitrogens is 1. The maximum absolute atomic E-state index is 13.5. The molecule has 0 aliphatic carbocycles. The number of aromatic nitrogens is 1. The van der Waals surface area contributed by atoms with Crippen molar-refractivity contribution in [1.29, 1.82) is 0 Å². The zero-order valence-electron chi connectivity index (χ0n) is 8.69. The molecule has 1 N–H and O–H groups in total. The van der Waals surface area contributed by atoms with Gasteiger partial charge in [0.1, 0.15) is 5.82 Å². The summed E-state index contributed by atoms with van der Waals surface area (Å²) in [6.07, 6.45) is 1.43. The monoisotopic (exact) mass is 191 g/mol. The number of benzene rings is 1. The second-order valence-electron chi connectivity index (χ2n) is 4.01. The predicted molar refractivity (Wildman–Crippen MR) is 57.1 cm³/mol. The van der Waals surface area contributed by atoms with E-state index in [1.165, 1.54) is 6.20 Å². The standard InChI is InChI=1S/C12H14FN/c1-7(2)11-8(3)4-5-10-12(11)9(13)6-14-10/h4-7,14H,1-3H3. The Bertz CT molecular complexity index is 468. The topological polar surface area (TPSA) is 15.8 Å². The Morgan fingerprint density at radius 2 is 2.00 bits per heavy atom. The molecular weight excluding hydrogens is 177 g/mol. The molecule has 74 valence electrons. The van der Waals surface area contributed by atoms with Gasteiger partial charge in [-0.05, 0) is 30.0 Å². The fourth-order valence-electron chi connectivity index (χ4n) is 2.06. The minimum Gasteiger partial charge on any atom is -0.359 e. The van der Waals surface area contributed by atoms with Crippen LogP contribution in [-0.2, 0) is 0 Å². The van der Waals surface area contributed by atoms with Crippen molar-refractivity contribution in [2.24, 2.45) is 0 Å². The summed E-state index contributed by atoms with van der Waals surface area (Å²) in [6, 6.07) is 3.97. The summed E-state index contributed by atoms with van der Waals surface area (Å²) in [5.74, 6) is 0.205. The van der Waals surface area contributed by atoms with Crippen LogP contribution in [0.1, 0.15) is 30.9 Å². The molecule has 0 radical (unpaired) electrons. The van der Waals surface area contributed by atoms with Gasteiger partial charge in [-0.1, -0.05) is 19.9 Å². The van der Waals surface area contributed by atoms with Crippen LogP contribution >= 0.6 is 0 Å². The van der Waals surface area contributed by atoms with Crippen molar-refractivity contribution in [2.75, 3.05) is 0 Å². The van der Waals surface area contributed by atoms with E-state index >= 15 is 0 Å². The average molecular weight is 191 g/mol. The van der Waals surface area contributed by atoms with Crippen molar-refractivity contribution in [1.82, 2.24) is 4.98 Å². The molecule has 0 spiro atoms. The minimum absolute atomic E-state index is 0.146. The van der Waals surface area contributed by atoms with Crippen LogP contribution in [0, 0.1) is 12.7 Å². The summed E-state index contributed by atoms with van der Waals surface area (Å²) < 4.78 is 13.5. The molecule has 1 aromatic heterocycles. The van der Waals surface area contributed by atoms with Gasteiger partial charge in [0.15, 0.2) is 0 Å². The van der Waals surface area contributed by atoms with E-state index in [-0.39, 0.29) is 5.82 Å². The Labute approximate surface area is 82.9 Å². The molecule has 1 nitrogen and oxygen atoms in total. The predicted octanol–water partition coefficient (Wildman–Crippen LogP) is 3.74. The summed E-state index contributed by atoms with van der Waals surface area (Å²) in [4.78, 5) is 2.94. The van der Waals surface area contributed by atoms with E-state index in [1.807, 2.05) is 19.1 Å². The molecule has 0 saturated heterocycles. The molecule has 2 aromatic rings. The number of nitrogens with one attached hydrogen (secondary N) is 1. The van der Waals surface area contributed by atoms with E-state index in [0.717, 1.165) is 22.0 Å². The summed E-state index contributed by atoms with van der Waals surface area (Å²) in [7, 11) is 0. The summed E-state index contributed by atoms with van der Waals surface area (Å²) in [5.41, 5.74) is 3.16. The quantitative estimate of drug-likeness (QED) is 0.706. The van der Waals surface area contributed by atoms with Crippen molar-refractivity contribution in [3.05, 3.63) is 35.3 Å². The molecule has 0 unspecified atom stereocenters. The Morgan fingerprint density at radius 3 is 2.64 bits per heavy atom. The van der Waals surface area contributed by atoms with Crippen LogP contribution in [0.3, 0.4) is 0 Å². The average Bonchev–Trinajstić information content (AvgIpc) is 2.47. The third-order valence-electron chi connectivity index (χ3n) is 2.63. The molecular formula is C12H14FN. The number of aryl methyl sites for hydroxylation is 1. The van der Waals surface area contributed by atoms with E-state index in [4.69, 9.17) is 0 Å². The highest BCUT2D eigenvalue weighted by molar-refractivity contribution is 5.85. The highest BCUT2D eigenvalue weighted by atomic mass is 19.1. The molecule has 2 rings (SSSR count). The van der Waals surface area contributed by atoms with Crippen LogP contribution in [0.2, 0.25) is 0 Å². The third-order valence-corrected chi connectivity index (χ3v) is 2.63. The van der Waals surface area contributed by atoms with Crippen LogP contribution < -0.4 is 0 Å². The van der Waals surface area contributed by atoms with Gasteiger partial charge in [0, 0.05) is 17.1 Å². The normalized spacial score (nSPS) is 11.5. The van der Waals surface area contributed by atoms with Crippen LogP contribution in [0.5, 0.6) is 0 Å². The first-order valence-electron chi connectivity index (χ1n) is 4.87. The number of aromatic amines is 1. The fourth-order valence-corrected chi connectivity index (χ4v) is 2.06. The number of halogens is 1. The fraction of sp³-hybridized carbons (Fsp3) is 0.333. The molecule has 1 aromatic carbocycles. The SMILES string of the molecule is Cc1ccc2[nH]cc(F)c2c1C(C)C. The molecule has 0 amide bonds. The molecule has 0 aliphatic heterocycles. The molecule has 0 fully saturated rings. The van der Waals surface area contributed by atoms with Crippen LogP contribution in [0.25, 0.3) is 10.9 Å². The Kier molecular flexibility index (Phi) is 2.06.